The van der Waals surface area contributed by atoms with Crippen LogP contribution in [0, 0.1) is 23.7 Å². The van der Waals surface area contributed by atoms with E-state index in [4.69, 9.17) is 29.4 Å². The summed E-state index contributed by atoms with van der Waals surface area (Å²) in [6.45, 7) is 9.28. The third-order valence-electron chi connectivity index (χ3n) is 8.61. The Morgan fingerprint density at radius 3 is 2.27 bits per heavy atom. The van der Waals surface area contributed by atoms with Gasteiger partial charge in [0.25, 0.3) is 0 Å². The van der Waals surface area contributed by atoms with Crippen molar-refractivity contribution in [1.29, 1.82) is 0 Å². The Hall–Kier alpha value is -5.45. The number of hydrogen-bond donors (Lipinski definition) is 3. The molecular formula is C41H51N5O10. The molecule has 15 nitrogen and oxygen atoms in total. The Kier molecular flexibility index (Phi) is 16.2. The Morgan fingerprint density at radius 1 is 0.964 bits per heavy atom. The van der Waals surface area contributed by atoms with Gasteiger partial charge in [-0.1, -0.05) is 41.9 Å². The van der Waals surface area contributed by atoms with Gasteiger partial charge in [0.15, 0.2) is 0 Å². The highest BCUT2D eigenvalue weighted by molar-refractivity contribution is 6.00. The van der Waals surface area contributed by atoms with E-state index in [9.17, 15) is 24.0 Å². The van der Waals surface area contributed by atoms with Gasteiger partial charge in [-0.2, -0.15) is 0 Å². The van der Waals surface area contributed by atoms with Gasteiger partial charge in [-0.25, -0.2) is 9.59 Å². The number of carbonyl (C=O) groups is 4. The zero-order valence-electron chi connectivity index (χ0n) is 32.6. The van der Waals surface area contributed by atoms with Crippen molar-refractivity contribution in [1.82, 2.24) is 19.8 Å². The number of nitrogens with two attached hydrogens (primary N) is 1. The number of amides is 4. The van der Waals surface area contributed by atoms with Gasteiger partial charge in [-0.15, -0.1) is 0 Å². The number of fused-ring (bicyclic) bond motifs is 1. The molecule has 1 aromatic heterocycles. The molecule has 2 heterocycles. The first kappa shape index (κ1) is 43.3. The lowest BCUT2D eigenvalue weighted by atomic mass is 10.1. The molecule has 0 saturated carbocycles. The van der Waals surface area contributed by atoms with Crippen molar-refractivity contribution in [2.24, 2.45) is 12.8 Å². The highest BCUT2D eigenvalue weighted by Crippen LogP contribution is 2.24. The summed E-state index contributed by atoms with van der Waals surface area (Å²) < 4.78 is 30.9. The van der Waals surface area contributed by atoms with Crippen molar-refractivity contribution < 1.29 is 42.9 Å². The molecule has 0 spiro atoms. The van der Waals surface area contributed by atoms with Crippen molar-refractivity contribution in [2.45, 2.75) is 83.8 Å². The largest absolute Gasteiger partial charge is 0.444 e. The molecule has 1 saturated heterocycles. The minimum Gasteiger partial charge on any atom is -0.444 e. The van der Waals surface area contributed by atoms with Crippen LogP contribution in [-0.2, 0) is 51.7 Å². The lowest BCUT2D eigenvalue weighted by Crippen LogP contribution is -2.45. The van der Waals surface area contributed by atoms with E-state index >= 15 is 0 Å². The van der Waals surface area contributed by atoms with E-state index in [0.717, 1.165) is 11.1 Å². The van der Waals surface area contributed by atoms with Crippen LogP contribution in [0.1, 0.15) is 76.1 Å². The third-order valence-corrected chi connectivity index (χ3v) is 8.61. The summed E-state index contributed by atoms with van der Waals surface area (Å²) in [6, 6.07) is 11.7. The summed E-state index contributed by atoms with van der Waals surface area (Å²) in [4.78, 5) is 60.8. The maximum absolute atomic E-state index is 13.1. The highest BCUT2D eigenvalue weighted by Gasteiger charge is 2.31. The fourth-order valence-electron chi connectivity index (χ4n) is 5.83. The van der Waals surface area contributed by atoms with Crippen molar-refractivity contribution in [3.05, 3.63) is 69.6 Å². The normalized spacial score (nSPS) is 15.2. The average molecular weight is 774 g/mol. The zero-order chi connectivity index (χ0) is 40.7. The molecule has 3 aromatic rings. The number of aryl methyl sites for hydroxylation is 1. The van der Waals surface area contributed by atoms with Crippen LogP contribution < -0.4 is 22.1 Å². The first-order valence-corrected chi connectivity index (χ1v) is 18.5. The molecule has 4 rings (SSSR count). The molecule has 300 valence electrons. The summed E-state index contributed by atoms with van der Waals surface area (Å²) in [5, 5.41) is 5.10. The lowest BCUT2D eigenvalue weighted by molar-refractivity contribution is -0.135. The van der Waals surface area contributed by atoms with Crippen molar-refractivity contribution >= 4 is 34.8 Å². The Bertz CT molecular complexity index is 2020. The fraction of sp³-hybridized carbons (Fsp3) is 0.488. The molecule has 1 aliphatic rings. The molecule has 0 radical (unpaired) electrons. The summed E-state index contributed by atoms with van der Waals surface area (Å²) in [6.07, 6.45) is -0.135. The number of hydrogen-bond acceptors (Lipinski definition) is 10. The highest BCUT2D eigenvalue weighted by atomic mass is 16.6. The molecule has 1 unspecified atom stereocenters. The van der Waals surface area contributed by atoms with Gasteiger partial charge in [-0.3, -0.25) is 28.8 Å². The van der Waals surface area contributed by atoms with Crippen molar-refractivity contribution in [2.75, 3.05) is 39.6 Å². The number of alkyl carbamates (subject to hydrolysis) is 1. The van der Waals surface area contributed by atoms with Crippen LogP contribution in [0.5, 0.6) is 0 Å². The van der Waals surface area contributed by atoms with Gasteiger partial charge in [0, 0.05) is 25.5 Å². The van der Waals surface area contributed by atoms with Crippen molar-refractivity contribution in [3.63, 3.8) is 0 Å². The minimum absolute atomic E-state index is 0.103. The maximum Gasteiger partial charge on any atom is 0.407 e. The number of piperidine rings is 1. The van der Waals surface area contributed by atoms with Crippen LogP contribution in [0.15, 0.2) is 47.3 Å². The molecule has 0 aliphatic carbocycles. The number of nitrogens with zero attached hydrogens (tertiary/aromatic N) is 2. The Labute approximate surface area is 326 Å². The first-order chi connectivity index (χ1) is 26.7. The summed E-state index contributed by atoms with van der Waals surface area (Å²) in [5.41, 5.74) is 7.86. The topological polar surface area (TPSA) is 191 Å². The second kappa shape index (κ2) is 21.0. The third kappa shape index (κ3) is 13.4. The number of benzene rings is 2. The van der Waals surface area contributed by atoms with Crippen LogP contribution >= 0.6 is 0 Å². The minimum atomic E-state index is -0.761. The van der Waals surface area contributed by atoms with Gasteiger partial charge >= 0.3 is 11.8 Å². The predicted molar refractivity (Wildman–Crippen MR) is 207 cm³/mol. The number of imide groups is 1. The maximum atomic E-state index is 13.1. The van der Waals surface area contributed by atoms with Gasteiger partial charge < -0.3 is 34.7 Å². The SMILES string of the molecule is C[C@@H](OCc1ccc(C#CCOCCOCCOCC#Cc2cccc3c2n(C)c(=O)n3C2CCC(=O)NC2=O)cc1)[C@H](CCC(N)=O)NC(=O)OC(C)(C)C. The number of carbonyl (C=O) groups excluding carboxylic acids is 4. The van der Waals surface area contributed by atoms with E-state index < -0.39 is 41.7 Å². The number of ether oxygens (including phenoxy) is 5. The van der Waals surface area contributed by atoms with Crippen LogP contribution in [0.25, 0.3) is 11.0 Å². The molecule has 1 aliphatic heterocycles. The second-order valence-corrected chi connectivity index (χ2v) is 14.1. The van der Waals surface area contributed by atoms with Gasteiger partial charge in [0.1, 0.15) is 24.9 Å². The quantitative estimate of drug-likeness (QED) is 0.104. The van der Waals surface area contributed by atoms with Crippen LogP contribution in [0.3, 0.4) is 0 Å². The van der Waals surface area contributed by atoms with Gasteiger partial charge in [0.05, 0.1) is 61.8 Å². The molecule has 0 bridgehead atoms. The number of rotatable bonds is 17. The van der Waals surface area contributed by atoms with E-state index in [1.807, 2.05) is 31.2 Å². The number of primary amides is 1. The van der Waals surface area contributed by atoms with E-state index in [0.29, 0.717) is 56.1 Å². The van der Waals surface area contributed by atoms with E-state index in [1.165, 1.54) is 9.13 Å². The predicted octanol–water partition coefficient (Wildman–Crippen LogP) is 2.83. The summed E-state index contributed by atoms with van der Waals surface area (Å²) in [7, 11) is 1.63. The number of imidazole rings is 1. The van der Waals surface area contributed by atoms with Gasteiger partial charge in [0.2, 0.25) is 17.7 Å². The van der Waals surface area contributed by atoms with Crippen LogP contribution in [-0.4, -0.2) is 90.3 Å². The van der Waals surface area contributed by atoms with E-state index in [2.05, 4.69) is 34.3 Å². The monoisotopic (exact) mass is 773 g/mol. The summed E-state index contributed by atoms with van der Waals surface area (Å²) in [5.74, 6) is 10.8. The molecule has 4 amide bonds. The standard InChI is InChI=1S/C41H51N5O10/c1-28(32(17-19-35(42)47)43-39(50)56-41(2,3)4)55-27-30-15-13-29(14-16-30)9-7-21-52-23-25-54-26-24-53-22-8-11-31-10-6-12-33-37(31)45(5)40(51)46(33)34-18-20-36(48)44-38(34)49/h6,10,12-16,28,32,34H,17-27H2,1-5H3,(H2,42,47)(H,43,50)(H,44,48,49)/t28-,32+,34?/m1/s1. The number of nitrogens with one attached hydrogen (secondary N) is 2. The molecule has 56 heavy (non-hydrogen) atoms. The smallest absolute Gasteiger partial charge is 0.407 e. The van der Waals surface area contributed by atoms with Crippen LogP contribution in [0.2, 0.25) is 0 Å². The number of para-hydroxylation sites is 1. The zero-order valence-corrected chi connectivity index (χ0v) is 32.6. The Morgan fingerprint density at radius 2 is 1.62 bits per heavy atom. The van der Waals surface area contributed by atoms with E-state index in [-0.39, 0.29) is 44.1 Å². The summed E-state index contributed by atoms with van der Waals surface area (Å²) >= 11 is 0. The molecule has 1 fully saturated rings. The molecular weight excluding hydrogens is 722 g/mol. The number of aromatic nitrogens is 2. The van der Waals surface area contributed by atoms with E-state index in [1.54, 1.807) is 46.0 Å². The molecule has 3 atom stereocenters. The van der Waals surface area contributed by atoms with Crippen molar-refractivity contribution in [3.8, 4) is 23.7 Å². The fourth-order valence-corrected chi connectivity index (χ4v) is 5.83. The molecule has 4 N–H and O–H groups in total. The lowest BCUT2D eigenvalue weighted by Gasteiger charge is -2.27. The molecule has 2 aromatic carbocycles. The Balaban J connectivity index is 1.11. The van der Waals surface area contributed by atoms with Crippen LogP contribution in [0.4, 0.5) is 4.79 Å². The molecule has 15 heteroatoms. The second-order valence-electron chi connectivity index (χ2n) is 14.1. The van der Waals surface area contributed by atoms with Gasteiger partial charge in [-0.05, 0) is 70.4 Å². The first-order valence-electron chi connectivity index (χ1n) is 18.5. The average Bonchev–Trinajstić information content (AvgIpc) is 3.39.